The van der Waals surface area contributed by atoms with Crippen LogP contribution in [-0.2, 0) is 17.8 Å². The number of halogens is 3. The van der Waals surface area contributed by atoms with Gasteiger partial charge in [-0.15, -0.1) is 0 Å². The van der Waals surface area contributed by atoms with Gasteiger partial charge in [-0.25, -0.2) is 9.37 Å². The third kappa shape index (κ3) is 3.89. The van der Waals surface area contributed by atoms with Crippen molar-refractivity contribution in [2.24, 2.45) is 0 Å². The summed E-state index contributed by atoms with van der Waals surface area (Å²) in [5.74, 6) is -0.634. The number of pyridine rings is 1. The maximum atomic E-state index is 13.1. The van der Waals surface area contributed by atoms with E-state index in [0.717, 1.165) is 15.7 Å². The highest BCUT2D eigenvalue weighted by atomic mass is 79.9. The topological polar surface area (TPSA) is 46.4 Å². The zero-order valence-electron chi connectivity index (χ0n) is 11.9. The molecule has 2 heterocycles. The molecule has 0 aliphatic rings. The number of nitrogens with zero attached hydrogens (tertiary/aromatic N) is 2. The molecular formula is C16H12BrClFN3O. The molecule has 0 aliphatic heterocycles. The summed E-state index contributed by atoms with van der Waals surface area (Å²) in [6, 6.07) is 8.13. The zero-order chi connectivity index (χ0) is 16.4. The first-order valence-corrected chi connectivity index (χ1v) is 8.02. The molecule has 1 N–H and O–H groups in total. The summed E-state index contributed by atoms with van der Waals surface area (Å²) in [7, 11) is 0. The molecule has 0 radical (unpaired) electrons. The van der Waals surface area contributed by atoms with Crippen molar-refractivity contribution in [3.05, 3.63) is 69.3 Å². The Labute approximate surface area is 145 Å². The lowest BCUT2D eigenvalue weighted by Crippen LogP contribution is -2.24. The number of fused-ring (bicyclic) bond motifs is 1. The van der Waals surface area contributed by atoms with Gasteiger partial charge in [0.2, 0.25) is 5.91 Å². The van der Waals surface area contributed by atoms with Crippen molar-refractivity contribution in [2.75, 3.05) is 0 Å². The lowest BCUT2D eigenvalue weighted by Gasteiger charge is -2.05. The summed E-state index contributed by atoms with van der Waals surface area (Å²) < 4.78 is 15.9. The molecule has 3 aromatic rings. The lowest BCUT2D eigenvalue weighted by atomic mass is 10.2. The Bertz CT molecular complexity index is 881. The molecule has 0 bridgehead atoms. The first-order valence-electron chi connectivity index (χ1n) is 6.85. The maximum absolute atomic E-state index is 13.1. The van der Waals surface area contributed by atoms with Gasteiger partial charge in [0, 0.05) is 23.4 Å². The van der Waals surface area contributed by atoms with E-state index in [2.05, 4.69) is 26.2 Å². The zero-order valence-corrected chi connectivity index (χ0v) is 14.2. The predicted octanol–water partition coefficient (Wildman–Crippen LogP) is 3.75. The van der Waals surface area contributed by atoms with Crippen LogP contribution in [0.3, 0.4) is 0 Å². The Balaban J connectivity index is 1.62. The molecule has 0 aliphatic carbocycles. The fourth-order valence-corrected chi connectivity index (χ4v) is 2.74. The third-order valence-corrected chi connectivity index (χ3v) is 4.04. The first-order chi connectivity index (χ1) is 11.0. The molecule has 0 atom stereocenters. The number of amides is 1. The standard InChI is InChI=1S/C16H12BrClFN3O/c17-11-2-4-15-21-12(9-22(15)8-11)6-16(23)20-7-10-1-3-14(19)13(18)5-10/h1-5,8-9H,6-7H2,(H,20,23). The fraction of sp³-hybridized carbons (Fsp3) is 0.125. The molecule has 118 valence electrons. The first kappa shape index (κ1) is 16.0. The highest BCUT2D eigenvalue weighted by molar-refractivity contribution is 9.10. The van der Waals surface area contributed by atoms with Crippen molar-refractivity contribution in [1.82, 2.24) is 14.7 Å². The van der Waals surface area contributed by atoms with E-state index in [9.17, 15) is 9.18 Å². The van der Waals surface area contributed by atoms with Crippen molar-refractivity contribution in [1.29, 1.82) is 0 Å². The van der Waals surface area contributed by atoms with Gasteiger partial charge in [0.25, 0.3) is 0 Å². The average molecular weight is 397 g/mol. The second-order valence-electron chi connectivity index (χ2n) is 5.05. The van der Waals surface area contributed by atoms with Crippen LogP contribution in [-0.4, -0.2) is 15.3 Å². The van der Waals surface area contributed by atoms with Crippen LogP contribution in [0.25, 0.3) is 5.65 Å². The molecule has 0 fully saturated rings. The van der Waals surface area contributed by atoms with Crippen LogP contribution in [0.15, 0.2) is 47.2 Å². The number of benzene rings is 1. The number of hydrogen-bond donors (Lipinski definition) is 1. The Morgan fingerprint density at radius 3 is 2.91 bits per heavy atom. The van der Waals surface area contributed by atoms with E-state index in [-0.39, 0.29) is 23.9 Å². The number of nitrogens with one attached hydrogen (secondary N) is 1. The molecule has 0 spiro atoms. The van der Waals surface area contributed by atoms with Gasteiger partial charge < -0.3 is 9.72 Å². The molecule has 1 aromatic carbocycles. The van der Waals surface area contributed by atoms with Gasteiger partial charge in [-0.3, -0.25) is 4.79 Å². The molecule has 4 nitrogen and oxygen atoms in total. The molecule has 7 heteroatoms. The smallest absolute Gasteiger partial charge is 0.226 e. The number of rotatable bonds is 4. The number of aromatic nitrogens is 2. The van der Waals surface area contributed by atoms with Gasteiger partial charge in [-0.1, -0.05) is 17.7 Å². The third-order valence-electron chi connectivity index (χ3n) is 3.28. The fourth-order valence-electron chi connectivity index (χ4n) is 2.18. The molecule has 0 saturated carbocycles. The van der Waals surface area contributed by atoms with Crippen LogP contribution in [0.4, 0.5) is 4.39 Å². The second-order valence-corrected chi connectivity index (χ2v) is 6.37. The molecule has 1 amide bonds. The van der Waals surface area contributed by atoms with E-state index in [0.29, 0.717) is 5.69 Å². The highest BCUT2D eigenvalue weighted by Crippen LogP contribution is 2.16. The van der Waals surface area contributed by atoms with E-state index >= 15 is 0 Å². The van der Waals surface area contributed by atoms with Gasteiger partial charge in [0.1, 0.15) is 11.5 Å². The van der Waals surface area contributed by atoms with Crippen molar-refractivity contribution >= 4 is 39.1 Å². The van der Waals surface area contributed by atoms with E-state index in [4.69, 9.17) is 11.6 Å². The highest BCUT2D eigenvalue weighted by Gasteiger charge is 2.08. The van der Waals surface area contributed by atoms with Gasteiger partial charge in [0.05, 0.1) is 17.1 Å². The Kier molecular flexibility index (Phi) is 4.63. The molecule has 23 heavy (non-hydrogen) atoms. The summed E-state index contributed by atoms with van der Waals surface area (Å²) in [6.45, 7) is 0.289. The van der Waals surface area contributed by atoms with Crippen molar-refractivity contribution in [3.8, 4) is 0 Å². The van der Waals surface area contributed by atoms with Crippen LogP contribution in [0.5, 0.6) is 0 Å². The van der Waals surface area contributed by atoms with Crippen molar-refractivity contribution < 1.29 is 9.18 Å². The van der Waals surface area contributed by atoms with E-state index in [1.165, 1.54) is 12.1 Å². The van der Waals surface area contributed by atoms with Gasteiger partial charge in [-0.05, 0) is 45.8 Å². The molecule has 2 aromatic heterocycles. The lowest BCUT2D eigenvalue weighted by molar-refractivity contribution is -0.120. The van der Waals surface area contributed by atoms with Crippen LogP contribution < -0.4 is 5.32 Å². The average Bonchev–Trinajstić information content (AvgIpc) is 2.89. The van der Waals surface area contributed by atoms with Crippen LogP contribution in [0.1, 0.15) is 11.3 Å². The normalized spacial score (nSPS) is 10.9. The number of carbonyl (C=O) groups excluding carboxylic acids is 1. The number of carbonyl (C=O) groups is 1. The monoisotopic (exact) mass is 395 g/mol. The largest absolute Gasteiger partial charge is 0.352 e. The molecular weight excluding hydrogens is 385 g/mol. The van der Waals surface area contributed by atoms with Gasteiger partial charge in [0.15, 0.2) is 0 Å². The van der Waals surface area contributed by atoms with Gasteiger partial charge >= 0.3 is 0 Å². The number of imidazole rings is 1. The summed E-state index contributed by atoms with van der Waals surface area (Å²) >= 11 is 9.10. The Morgan fingerprint density at radius 2 is 2.13 bits per heavy atom. The second kappa shape index (κ2) is 6.68. The minimum atomic E-state index is -0.474. The quantitative estimate of drug-likeness (QED) is 0.730. The van der Waals surface area contributed by atoms with E-state index in [1.807, 2.05) is 28.9 Å². The van der Waals surface area contributed by atoms with Crippen LogP contribution in [0.2, 0.25) is 5.02 Å². The summed E-state index contributed by atoms with van der Waals surface area (Å²) in [4.78, 5) is 16.4. The molecule has 3 rings (SSSR count). The Hall–Kier alpha value is -1.92. The van der Waals surface area contributed by atoms with Crippen molar-refractivity contribution in [2.45, 2.75) is 13.0 Å². The molecule has 0 saturated heterocycles. The van der Waals surface area contributed by atoms with Crippen LogP contribution >= 0.6 is 27.5 Å². The van der Waals surface area contributed by atoms with Gasteiger partial charge in [-0.2, -0.15) is 0 Å². The Morgan fingerprint density at radius 1 is 1.30 bits per heavy atom. The number of hydrogen-bond acceptors (Lipinski definition) is 2. The SMILES string of the molecule is O=C(Cc1cn2cc(Br)ccc2n1)NCc1ccc(F)c(Cl)c1. The van der Waals surface area contributed by atoms with E-state index in [1.54, 1.807) is 6.07 Å². The van der Waals surface area contributed by atoms with Crippen molar-refractivity contribution in [3.63, 3.8) is 0 Å². The minimum absolute atomic E-state index is 0.0441. The summed E-state index contributed by atoms with van der Waals surface area (Å²) in [6.07, 6.45) is 3.87. The predicted molar refractivity (Wildman–Crippen MR) is 89.9 cm³/mol. The minimum Gasteiger partial charge on any atom is -0.352 e. The maximum Gasteiger partial charge on any atom is 0.226 e. The summed E-state index contributed by atoms with van der Waals surface area (Å²) in [5.41, 5.74) is 2.20. The summed E-state index contributed by atoms with van der Waals surface area (Å²) in [5, 5.41) is 2.82. The van der Waals surface area contributed by atoms with E-state index < -0.39 is 5.82 Å². The van der Waals surface area contributed by atoms with Crippen LogP contribution in [0, 0.1) is 5.82 Å². The molecule has 0 unspecified atom stereocenters.